The third-order valence-electron chi connectivity index (χ3n) is 2.55. The molecular formula is C12H18O4. The highest BCUT2D eigenvalue weighted by atomic mass is 16.9. The van der Waals surface area contributed by atoms with Gasteiger partial charge in [-0.25, -0.2) is 0 Å². The molecule has 16 heavy (non-hydrogen) atoms. The maximum absolute atomic E-state index is 5.27. The zero-order chi connectivity index (χ0) is 12.2. The van der Waals surface area contributed by atoms with Crippen molar-refractivity contribution in [2.24, 2.45) is 0 Å². The van der Waals surface area contributed by atoms with E-state index in [-0.39, 0.29) is 0 Å². The van der Waals surface area contributed by atoms with Crippen LogP contribution in [0.4, 0.5) is 0 Å². The van der Waals surface area contributed by atoms with Crippen molar-refractivity contribution in [3.05, 3.63) is 29.3 Å². The number of aryl methyl sites for hydroxylation is 1. The van der Waals surface area contributed by atoms with Gasteiger partial charge in [0, 0.05) is 26.9 Å². The molecule has 1 aromatic rings. The number of methoxy groups -OCH3 is 4. The minimum Gasteiger partial charge on any atom is -0.496 e. The number of benzene rings is 1. The molecule has 0 aliphatic heterocycles. The van der Waals surface area contributed by atoms with Gasteiger partial charge in [0.1, 0.15) is 5.75 Å². The molecule has 0 aromatic heterocycles. The van der Waals surface area contributed by atoms with E-state index in [0.717, 1.165) is 16.9 Å². The molecular weight excluding hydrogens is 208 g/mol. The second-order valence-electron chi connectivity index (χ2n) is 3.35. The monoisotopic (exact) mass is 226 g/mol. The van der Waals surface area contributed by atoms with E-state index in [1.807, 2.05) is 25.1 Å². The van der Waals surface area contributed by atoms with Gasteiger partial charge in [0.2, 0.25) is 0 Å². The van der Waals surface area contributed by atoms with Crippen LogP contribution < -0.4 is 4.74 Å². The molecule has 90 valence electrons. The van der Waals surface area contributed by atoms with E-state index in [1.54, 1.807) is 7.11 Å². The summed E-state index contributed by atoms with van der Waals surface area (Å²) in [6, 6.07) is 5.62. The standard InChI is InChI=1S/C12H18O4/c1-9-8-10(6-7-11(9)13-2)12(14-3,15-4)16-5/h6-8H,1-5H3. The van der Waals surface area contributed by atoms with E-state index in [2.05, 4.69) is 0 Å². The number of hydrogen-bond donors (Lipinski definition) is 0. The summed E-state index contributed by atoms with van der Waals surface area (Å²) in [5, 5.41) is 0. The smallest absolute Gasteiger partial charge is 0.311 e. The van der Waals surface area contributed by atoms with Crippen LogP contribution in [0.25, 0.3) is 0 Å². The molecule has 1 rings (SSSR count). The lowest BCUT2D eigenvalue weighted by molar-refractivity contribution is -0.364. The molecule has 0 fully saturated rings. The molecule has 0 heterocycles. The summed E-state index contributed by atoms with van der Waals surface area (Å²) < 4.78 is 21.0. The normalized spacial score (nSPS) is 11.6. The van der Waals surface area contributed by atoms with Crippen LogP contribution in [0.3, 0.4) is 0 Å². The van der Waals surface area contributed by atoms with Gasteiger partial charge in [-0.05, 0) is 30.7 Å². The first-order chi connectivity index (χ1) is 7.63. The Bertz CT molecular complexity index is 337. The van der Waals surface area contributed by atoms with Gasteiger partial charge in [0.05, 0.1) is 7.11 Å². The highest BCUT2D eigenvalue weighted by Crippen LogP contribution is 2.30. The third-order valence-corrected chi connectivity index (χ3v) is 2.55. The van der Waals surface area contributed by atoms with Gasteiger partial charge in [-0.1, -0.05) is 0 Å². The molecule has 0 atom stereocenters. The first-order valence-electron chi connectivity index (χ1n) is 4.94. The molecule has 0 radical (unpaired) electrons. The van der Waals surface area contributed by atoms with E-state index in [0.29, 0.717) is 0 Å². The maximum Gasteiger partial charge on any atom is 0.311 e. The molecule has 0 saturated carbocycles. The number of rotatable bonds is 5. The first-order valence-corrected chi connectivity index (χ1v) is 4.94. The van der Waals surface area contributed by atoms with Crippen molar-refractivity contribution in [3.8, 4) is 5.75 Å². The minimum absolute atomic E-state index is 0.790. The Morgan fingerprint density at radius 1 is 0.938 bits per heavy atom. The van der Waals surface area contributed by atoms with Crippen LogP contribution in [0, 0.1) is 6.92 Å². The lowest BCUT2D eigenvalue weighted by atomic mass is 10.1. The average molecular weight is 226 g/mol. The highest BCUT2D eigenvalue weighted by Gasteiger charge is 2.32. The first kappa shape index (κ1) is 13.0. The fourth-order valence-corrected chi connectivity index (χ4v) is 1.67. The zero-order valence-electron chi connectivity index (χ0n) is 10.4. The van der Waals surface area contributed by atoms with Crippen molar-refractivity contribution in [1.29, 1.82) is 0 Å². The summed E-state index contributed by atoms with van der Waals surface area (Å²) in [4.78, 5) is 0. The lowest BCUT2D eigenvalue weighted by Crippen LogP contribution is -2.32. The number of hydrogen-bond acceptors (Lipinski definition) is 4. The Labute approximate surface area is 96.1 Å². The van der Waals surface area contributed by atoms with Crippen LogP contribution >= 0.6 is 0 Å². The summed E-state index contributed by atoms with van der Waals surface area (Å²) in [5.41, 5.74) is 1.79. The fraction of sp³-hybridized carbons (Fsp3) is 0.500. The second-order valence-corrected chi connectivity index (χ2v) is 3.35. The van der Waals surface area contributed by atoms with Gasteiger partial charge in [0.15, 0.2) is 0 Å². The summed E-state index contributed by atoms with van der Waals surface area (Å²) >= 11 is 0. The molecule has 0 aliphatic rings. The van der Waals surface area contributed by atoms with Crippen LogP contribution in [0.1, 0.15) is 11.1 Å². The second kappa shape index (κ2) is 5.30. The van der Waals surface area contributed by atoms with E-state index < -0.39 is 5.97 Å². The molecule has 0 N–H and O–H groups in total. The van der Waals surface area contributed by atoms with Crippen molar-refractivity contribution in [3.63, 3.8) is 0 Å². The lowest BCUT2D eigenvalue weighted by Gasteiger charge is -2.29. The van der Waals surface area contributed by atoms with Crippen LogP contribution in [-0.4, -0.2) is 28.4 Å². The summed E-state index contributed by atoms with van der Waals surface area (Å²) in [6.45, 7) is 1.95. The van der Waals surface area contributed by atoms with Crippen molar-refractivity contribution >= 4 is 0 Å². The highest BCUT2D eigenvalue weighted by molar-refractivity contribution is 5.37. The van der Waals surface area contributed by atoms with Gasteiger partial charge in [-0.2, -0.15) is 0 Å². The Morgan fingerprint density at radius 3 is 1.88 bits per heavy atom. The predicted octanol–water partition coefficient (Wildman–Crippen LogP) is 2.05. The zero-order valence-corrected chi connectivity index (χ0v) is 10.4. The van der Waals surface area contributed by atoms with Crippen molar-refractivity contribution in [1.82, 2.24) is 0 Å². The topological polar surface area (TPSA) is 36.9 Å². The summed E-state index contributed by atoms with van der Waals surface area (Å²) in [6.07, 6.45) is 0. The summed E-state index contributed by atoms with van der Waals surface area (Å²) in [7, 11) is 6.24. The van der Waals surface area contributed by atoms with E-state index in [4.69, 9.17) is 18.9 Å². The Balaban J connectivity index is 3.16. The molecule has 0 spiro atoms. The third kappa shape index (κ3) is 2.19. The van der Waals surface area contributed by atoms with Gasteiger partial charge in [-0.15, -0.1) is 0 Å². The molecule has 4 nitrogen and oxygen atoms in total. The van der Waals surface area contributed by atoms with Crippen molar-refractivity contribution in [2.45, 2.75) is 12.9 Å². The molecule has 0 aliphatic carbocycles. The molecule has 0 bridgehead atoms. The Hall–Kier alpha value is -1.10. The van der Waals surface area contributed by atoms with Gasteiger partial charge in [0.25, 0.3) is 0 Å². The van der Waals surface area contributed by atoms with E-state index in [9.17, 15) is 0 Å². The van der Waals surface area contributed by atoms with Gasteiger partial charge in [-0.3, -0.25) is 0 Å². The van der Waals surface area contributed by atoms with Crippen LogP contribution in [0.5, 0.6) is 5.75 Å². The van der Waals surface area contributed by atoms with E-state index >= 15 is 0 Å². The summed E-state index contributed by atoms with van der Waals surface area (Å²) in [5.74, 6) is -0.335. The Kier molecular flexibility index (Phi) is 4.29. The molecule has 0 saturated heterocycles. The maximum atomic E-state index is 5.27. The largest absolute Gasteiger partial charge is 0.496 e. The predicted molar refractivity (Wildman–Crippen MR) is 60.4 cm³/mol. The molecule has 0 unspecified atom stereocenters. The van der Waals surface area contributed by atoms with Crippen molar-refractivity contribution < 1.29 is 18.9 Å². The molecule has 1 aromatic carbocycles. The fourth-order valence-electron chi connectivity index (χ4n) is 1.67. The average Bonchev–Trinajstić information content (AvgIpc) is 2.32. The SMILES string of the molecule is COc1ccc(C(OC)(OC)OC)cc1C. The van der Waals surface area contributed by atoms with Crippen LogP contribution in [0.2, 0.25) is 0 Å². The van der Waals surface area contributed by atoms with Gasteiger partial charge >= 0.3 is 5.97 Å². The minimum atomic E-state index is -1.16. The van der Waals surface area contributed by atoms with E-state index in [1.165, 1.54) is 21.3 Å². The van der Waals surface area contributed by atoms with Crippen molar-refractivity contribution in [2.75, 3.05) is 28.4 Å². The van der Waals surface area contributed by atoms with Crippen LogP contribution in [-0.2, 0) is 20.2 Å². The quantitative estimate of drug-likeness (QED) is 0.720. The Morgan fingerprint density at radius 2 is 1.50 bits per heavy atom. The van der Waals surface area contributed by atoms with Gasteiger partial charge < -0.3 is 18.9 Å². The van der Waals surface area contributed by atoms with Crippen LogP contribution in [0.15, 0.2) is 18.2 Å². The molecule has 0 amide bonds. The number of ether oxygens (including phenoxy) is 4. The molecule has 4 heteroatoms.